The number of aromatic nitrogens is 1. The lowest BCUT2D eigenvalue weighted by Crippen LogP contribution is -2.44. The van der Waals surface area contributed by atoms with Crippen LogP contribution in [0.4, 0.5) is 0 Å². The average Bonchev–Trinajstić information content (AvgIpc) is 3.15. The van der Waals surface area contributed by atoms with E-state index < -0.39 is 22.9 Å². The summed E-state index contributed by atoms with van der Waals surface area (Å²) in [7, 11) is 1.26. The third-order valence-electron chi connectivity index (χ3n) is 5.19. The van der Waals surface area contributed by atoms with Gasteiger partial charge in [0.05, 0.1) is 7.11 Å². The van der Waals surface area contributed by atoms with Gasteiger partial charge in [0.2, 0.25) is 6.54 Å². The molecule has 0 spiro atoms. The monoisotopic (exact) mass is 374 g/mol. The summed E-state index contributed by atoms with van der Waals surface area (Å²) in [6.07, 6.45) is 1.67. The van der Waals surface area contributed by atoms with Gasteiger partial charge in [0.15, 0.2) is 5.41 Å². The number of rotatable bonds is 5. The van der Waals surface area contributed by atoms with Crippen LogP contribution >= 0.6 is 0 Å². The molecule has 0 fully saturated rings. The molecular formula is C22H18N2O4. The molecule has 140 valence electrons. The fourth-order valence-electron chi connectivity index (χ4n) is 3.87. The lowest BCUT2D eigenvalue weighted by Gasteiger charge is -2.28. The first-order chi connectivity index (χ1) is 13.6. The summed E-state index contributed by atoms with van der Waals surface area (Å²) in [6, 6.07) is 20.6. The van der Waals surface area contributed by atoms with Crippen LogP contribution in [-0.4, -0.2) is 29.5 Å². The van der Waals surface area contributed by atoms with Gasteiger partial charge in [-0.3, -0.25) is 14.9 Å². The van der Waals surface area contributed by atoms with E-state index in [1.165, 1.54) is 7.11 Å². The van der Waals surface area contributed by atoms with Crippen molar-refractivity contribution in [2.75, 3.05) is 13.7 Å². The summed E-state index contributed by atoms with van der Waals surface area (Å²) in [4.78, 5) is 27.5. The molecule has 1 heterocycles. The maximum absolute atomic E-state index is 13.1. The number of carbonyl (C=O) groups excluding carboxylic acids is 1. The molecular weight excluding hydrogens is 356 g/mol. The number of nitrogens with zero attached hydrogens (tertiary/aromatic N) is 1. The zero-order valence-corrected chi connectivity index (χ0v) is 15.2. The van der Waals surface area contributed by atoms with Gasteiger partial charge in [0.25, 0.3) is 0 Å². The zero-order valence-electron chi connectivity index (χ0n) is 15.2. The van der Waals surface area contributed by atoms with Crippen LogP contribution in [0.15, 0.2) is 72.9 Å². The lowest BCUT2D eigenvalue weighted by atomic mass is 9.73. The number of ether oxygens (including phenoxy) is 1. The second-order valence-corrected chi connectivity index (χ2v) is 6.70. The van der Waals surface area contributed by atoms with Crippen molar-refractivity contribution in [3.8, 4) is 0 Å². The van der Waals surface area contributed by atoms with Crippen LogP contribution < -0.4 is 0 Å². The van der Waals surface area contributed by atoms with Crippen LogP contribution in [0.3, 0.4) is 0 Å². The number of carbonyl (C=O) groups is 1. The number of hydrogen-bond acceptors (Lipinski definition) is 4. The number of para-hydroxylation sites is 1. The predicted molar refractivity (Wildman–Crippen MR) is 107 cm³/mol. The molecule has 6 nitrogen and oxygen atoms in total. The van der Waals surface area contributed by atoms with E-state index in [0.29, 0.717) is 11.1 Å². The van der Waals surface area contributed by atoms with Crippen molar-refractivity contribution in [3.63, 3.8) is 0 Å². The van der Waals surface area contributed by atoms with Crippen molar-refractivity contribution < 1.29 is 14.5 Å². The Hall–Kier alpha value is -3.67. The minimum Gasteiger partial charge on any atom is -0.468 e. The standard InChI is InChI=1S/C22H18N2O4/c1-28-21(25)22(14-24(26)27,19-13-23-20-9-5-4-8-18(19)20)17-11-10-15-6-2-3-7-16(15)12-17/h2-13,23H,14H2,1H3/t22-/m1/s1. The number of hydrogen-bond donors (Lipinski definition) is 1. The molecule has 3 aromatic carbocycles. The molecule has 0 aliphatic carbocycles. The van der Waals surface area contributed by atoms with Gasteiger partial charge in [-0.05, 0) is 28.5 Å². The normalized spacial score (nSPS) is 13.3. The maximum Gasteiger partial charge on any atom is 0.327 e. The molecule has 6 heteroatoms. The summed E-state index contributed by atoms with van der Waals surface area (Å²) in [5, 5.41) is 14.3. The molecule has 0 aliphatic rings. The number of nitro groups is 1. The Bertz CT molecular complexity index is 1200. The van der Waals surface area contributed by atoms with Gasteiger partial charge < -0.3 is 9.72 Å². The fourth-order valence-corrected chi connectivity index (χ4v) is 3.87. The number of esters is 1. The Balaban J connectivity index is 2.07. The third kappa shape index (κ3) is 2.70. The van der Waals surface area contributed by atoms with Crippen molar-refractivity contribution in [1.82, 2.24) is 4.98 Å². The number of aromatic amines is 1. The Morgan fingerprint density at radius 1 is 1.07 bits per heavy atom. The lowest BCUT2D eigenvalue weighted by molar-refractivity contribution is -0.486. The van der Waals surface area contributed by atoms with E-state index in [4.69, 9.17) is 4.74 Å². The summed E-state index contributed by atoms with van der Waals surface area (Å²) in [6.45, 7) is -0.611. The molecule has 0 saturated heterocycles. The van der Waals surface area contributed by atoms with E-state index >= 15 is 0 Å². The first kappa shape index (κ1) is 17.7. The van der Waals surface area contributed by atoms with E-state index in [0.717, 1.165) is 21.7 Å². The molecule has 28 heavy (non-hydrogen) atoms. The second-order valence-electron chi connectivity index (χ2n) is 6.70. The van der Waals surface area contributed by atoms with Gasteiger partial charge in [-0.25, -0.2) is 0 Å². The largest absolute Gasteiger partial charge is 0.468 e. The summed E-state index contributed by atoms with van der Waals surface area (Å²) in [5.41, 5.74) is 0.290. The minimum absolute atomic E-state index is 0.464. The van der Waals surface area contributed by atoms with Crippen molar-refractivity contribution in [2.24, 2.45) is 0 Å². The van der Waals surface area contributed by atoms with Gasteiger partial charge in [0.1, 0.15) is 0 Å². The molecule has 1 N–H and O–H groups in total. The molecule has 4 aromatic rings. The maximum atomic E-state index is 13.1. The number of methoxy groups -OCH3 is 1. The Labute approximate surface area is 160 Å². The Morgan fingerprint density at radius 2 is 1.79 bits per heavy atom. The van der Waals surface area contributed by atoms with Gasteiger partial charge in [-0.1, -0.05) is 54.6 Å². The molecule has 1 aromatic heterocycles. The smallest absolute Gasteiger partial charge is 0.327 e. The quantitative estimate of drug-likeness (QED) is 0.324. The van der Waals surface area contributed by atoms with E-state index in [1.807, 2.05) is 60.7 Å². The third-order valence-corrected chi connectivity index (χ3v) is 5.19. The number of benzene rings is 3. The second kappa shape index (κ2) is 6.81. The molecule has 0 amide bonds. The highest BCUT2D eigenvalue weighted by Gasteiger charge is 2.49. The van der Waals surface area contributed by atoms with Crippen molar-refractivity contribution in [2.45, 2.75) is 5.41 Å². The molecule has 0 unspecified atom stereocenters. The molecule has 0 saturated carbocycles. The van der Waals surface area contributed by atoms with Crippen molar-refractivity contribution in [3.05, 3.63) is 94.2 Å². The van der Waals surface area contributed by atoms with Crippen LogP contribution in [0.1, 0.15) is 11.1 Å². The molecule has 0 bridgehead atoms. The molecule has 0 aliphatic heterocycles. The fraction of sp³-hybridized carbons (Fsp3) is 0.136. The number of nitrogens with one attached hydrogen (secondary N) is 1. The highest BCUT2D eigenvalue weighted by Crippen LogP contribution is 2.39. The molecule has 0 radical (unpaired) electrons. The SMILES string of the molecule is COC(=O)[C@](C[N+](=O)[O-])(c1ccc2ccccc2c1)c1c[nH]c2ccccc12. The van der Waals surface area contributed by atoms with Gasteiger partial charge in [-0.2, -0.15) is 0 Å². The van der Waals surface area contributed by atoms with Crippen LogP contribution in [0, 0.1) is 10.1 Å². The van der Waals surface area contributed by atoms with Crippen LogP contribution in [0.25, 0.3) is 21.7 Å². The van der Waals surface area contributed by atoms with Gasteiger partial charge in [-0.15, -0.1) is 0 Å². The van der Waals surface area contributed by atoms with Crippen LogP contribution in [0.5, 0.6) is 0 Å². The van der Waals surface area contributed by atoms with E-state index in [1.54, 1.807) is 12.3 Å². The van der Waals surface area contributed by atoms with Crippen molar-refractivity contribution >= 4 is 27.6 Å². The van der Waals surface area contributed by atoms with Crippen LogP contribution in [-0.2, 0) is 14.9 Å². The highest BCUT2D eigenvalue weighted by molar-refractivity contribution is 5.97. The van der Waals surface area contributed by atoms with E-state index in [2.05, 4.69) is 4.98 Å². The summed E-state index contributed by atoms with van der Waals surface area (Å²) in [5.74, 6) is -0.663. The summed E-state index contributed by atoms with van der Waals surface area (Å²) >= 11 is 0. The average molecular weight is 374 g/mol. The minimum atomic E-state index is -1.57. The zero-order chi connectivity index (χ0) is 19.7. The Morgan fingerprint density at radius 3 is 2.54 bits per heavy atom. The Kier molecular flexibility index (Phi) is 4.31. The first-order valence-electron chi connectivity index (χ1n) is 8.82. The van der Waals surface area contributed by atoms with E-state index in [9.17, 15) is 14.9 Å². The predicted octanol–water partition coefficient (Wildman–Crippen LogP) is 4.06. The number of fused-ring (bicyclic) bond motifs is 2. The van der Waals surface area contributed by atoms with Crippen LogP contribution in [0.2, 0.25) is 0 Å². The van der Waals surface area contributed by atoms with Crippen molar-refractivity contribution in [1.29, 1.82) is 0 Å². The molecule has 1 atom stereocenters. The summed E-state index contributed by atoms with van der Waals surface area (Å²) < 4.78 is 5.10. The topological polar surface area (TPSA) is 85.2 Å². The first-order valence-corrected chi connectivity index (χ1v) is 8.82. The number of H-pyrrole nitrogens is 1. The van der Waals surface area contributed by atoms with Gasteiger partial charge in [0, 0.05) is 27.6 Å². The van der Waals surface area contributed by atoms with E-state index in [-0.39, 0.29) is 0 Å². The van der Waals surface area contributed by atoms with Gasteiger partial charge >= 0.3 is 5.97 Å². The highest BCUT2D eigenvalue weighted by atomic mass is 16.6. The molecule has 4 rings (SSSR count).